The molecule has 6 rings (SSSR count). The number of hydrogen-bond donors (Lipinski definition) is 1. The van der Waals surface area contributed by atoms with E-state index in [1.165, 1.54) is 43.4 Å². The minimum atomic E-state index is 0.00690. The summed E-state index contributed by atoms with van der Waals surface area (Å²) in [5.74, 6) is 2.94. The number of carbonyl (C=O) groups is 1. The molecule has 1 aromatic rings. The number of piperazine rings is 1. The van der Waals surface area contributed by atoms with Crippen molar-refractivity contribution in [3.8, 4) is 0 Å². The quantitative estimate of drug-likeness (QED) is 0.794. The summed E-state index contributed by atoms with van der Waals surface area (Å²) < 4.78 is 0. The van der Waals surface area contributed by atoms with Gasteiger partial charge < -0.3 is 10.2 Å². The molecule has 1 saturated heterocycles. The van der Waals surface area contributed by atoms with Crippen molar-refractivity contribution in [2.45, 2.75) is 63.5 Å². The van der Waals surface area contributed by atoms with Crippen LogP contribution in [0.3, 0.4) is 0 Å². The van der Waals surface area contributed by atoms with Crippen molar-refractivity contribution < 1.29 is 4.79 Å². The van der Waals surface area contributed by atoms with Crippen molar-refractivity contribution >= 4 is 17.2 Å². The predicted octanol–water partition coefficient (Wildman–Crippen LogP) is 3.38. The van der Waals surface area contributed by atoms with Crippen LogP contribution in [-0.2, 0) is 11.2 Å². The van der Waals surface area contributed by atoms with E-state index < -0.39 is 0 Å². The first-order valence-electron chi connectivity index (χ1n) is 11.4. The third kappa shape index (κ3) is 3.90. The molecule has 2 heterocycles. The Bertz CT molecular complexity index is 645. The van der Waals surface area contributed by atoms with E-state index >= 15 is 0 Å². The molecule has 154 valence electrons. The van der Waals surface area contributed by atoms with Gasteiger partial charge in [0.2, 0.25) is 5.91 Å². The van der Waals surface area contributed by atoms with E-state index in [-0.39, 0.29) is 17.5 Å². The summed E-state index contributed by atoms with van der Waals surface area (Å²) in [7, 11) is 0. The third-order valence-electron chi connectivity index (χ3n) is 8.02. The second-order valence-electron chi connectivity index (χ2n) is 10.1. The Morgan fingerprint density at radius 2 is 1.79 bits per heavy atom. The van der Waals surface area contributed by atoms with Gasteiger partial charge in [-0.25, -0.2) is 0 Å². The van der Waals surface area contributed by atoms with Crippen molar-refractivity contribution in [1.82, 2.24) is 15.1 Å². The lowest BCUT2D eigenvalue weighted by Gasteiger charge is -2.57. The first kappa shape index (κ1) is 19.1. The maximum atomic E-state index is 13.1. The van der Waals surface area contributed by atoms with Gasteiger partial charge >= 0.3 is 0 Å². The molecule has 1 unspecified atom stereocenters. The summed E-state index contributed by atoms with van der Waals surface area (Å²) in [4.78, 5) is 19.6. The summed E-state index contributed by atoms with van der Waals surface area (Å²) in [6.45, 7) is 7.46. The second kappa shape index (κ2) is 7.73. The number of nitrogens with zero attached hydrogens (tertiary/aromatic N) is 2. The van der Waals surface area contributed by atoms with Crippen LogP contribution >= 0.6 is 11.3 Å². The molecule has 4 saturated carbocycles. The van der Waals surface area contributed by atoms with E-state index in [1.54, 1.807) is 0 Å². The van der Waals surface area contributed by atoms with Crippen LogP contribution in [0.4, 0.5) is 0 Å². The predicted molar refractivity (Wildman–Crippen MR) is 115 cm³/mol. The van der Waals surface area contributed by atoms with Crippen LogP contribution in [0.2, 0.25) is 0 Å². The lowest BCUT2D eigenvalue weighted by atomic mass is 9.53. The van der Waals surface area contributed by atoms with E-state index in [4.69, 9.17) is 0 Å². The molecule has 1 N–H and O–H groups in total. The zero-order valence-corrected chi connectivity index (χ0v) is 18.1. The van der Waals surface area contributed by atoms with Crippen LogP contribution in [0.15, 0.2) is 17.5 Å². The van der Waals surface area contributed by atoms with Crippen LogP contribution in [0.1, 0.15) is 50.3 Å². The molecule has 1 aliphatic heterocycles. The topological polar surface area (TPSA) is 35.6 Å². The largest absolute Gasteiger partial charge is 0.349 e. The Labute approximate surface area is 173 Å². The minimum Gasteiger partial charge on any atom is -0.349 e. The number of hydrogen-bond acceptors (Lipinski definition) is 4. The number of rotatable bonds is 6. The zero-order chi connectivity index (χ0) is 19.1. The maximum Gasteiger partial charge on any atom is 0.237 e. The number of carbonyl (C=O) groups excluding carboxylic acids is 1. The Balaban J connectivity index is 1.11. The molecule has 4 nitrogen and oxygen atoms in total. The van der Waals surface area contributed by atoms with Crippen LogP contribution in [0.5, 0.6) is 0 Å². The molecule has 1 amide bonds. The van der Waals surface area contributed by atoms with Crippen molar-refractivity contribution in [1.29, 1.82) is 0 Å². The van der Waals surface area contributed by atoms with Gasteiger partial charge in [0.15, 0.2) is 0 Å². The van der Waals surface area contributed by atoms with Crippen molar-refractivity contribution in [3.63, 3.8) is 0 Å². The summed E-state index contributed by atoms with van der Waals surface area (Å²) in [6, 6.07) is 4.38. The molecule has 0 aromatic carbocycles. The zero-order valence-electron chi connectivity index (χ0n) is 17.2. The molecule has 5 aliphatic rings. The van der Waals surface area contributed by atoms with Crippen LogP contribution < -0.4 is 5.32 Å². The van der Waals surface area contributed by atoms with Gasteiger partial charge in [-0.15, -0.1) is 11.3 Å². The fraction of sp³-hybridized carbons (Fsp3) is 0.783. The highest BCUT2D eigenvalue weighted by Gasteiger charge is 2.51. The van der Waals surface area contributed by atoms with Gasteiger partial charge in [-0.3, -0.25) is 9.69 Å². The SMILES string of the molecule is CC(C(=O)NC12CC3CC(CC(C3)C1)C2)N1CCN(CCc2cccs2)CC1. The minimum absolute atomic E-state index is 0.00690. The normalized spacial score (nSPS) is 36.5. The Morgan fingerprint density at radius 1 is 1.14 bits per heavy atom. The molecule has 0 spiro atoms. The fourth-order valence-corrected chi connectivity index (χ4v) is 7.59. The Kier molecular flexibility index (Phi) is 5.27. The van der Waals surface area contributed by atoms with E-state index in [0.717, 1.165) is 56.9 Å². The lowest BCUT2D eigenvalue weighted by molar-refractivity contribution is -0.132. The van der Waals surface area contributed by atoms with E-state index in [9.17, 15) is 4.79 Å². The lowest BCUT2D eigenvalue weighted by Crippen LogP contribution is -2.63. The molecular weight excluding hydrogens is 366 g/mol. The monoisotopic (exact) mass is 401 g/mol. The second-order valence-corrected chi connectivity index (χ2v) is 11.1. The van der Waals surface area contributed by atoms with E-state index in [0.29, 0.717) is 0 Å². The highest BCUT2D eigenvalue weighted by atomic mass is 32.1. The highest BCUT2D eigenvalue weighted by molar-refractivity contribution is 7.09. The average Bonchev–Trinajstić information content (AvgIpc) is 3.18. The first-order chi connectivity index (χ1) is 13.6. The molecule has 5 fully saturated rings. The van der Waals surface area contributed by atoms with Gasteiger partial charge in [0.25, 0.3) is 0 Å². The summed E-state index contributed by atoms with van der Waals surface area (Å²) in [5.41, 5.74) is 0.141. The fourth-order valence-electron chi connectivity index (χ4n) is 6.89. The van der Waals surface area contributed by atoms with Crippen LogP contribution in [0, 0.1) is 17.8 Å². The standard InChI is InChI=1S/C23H35N3OS/c1-17(26-8-6-25(7-9-26)5-4-21-3-2-10-28-21)22(27)24-23-14-18-11-19(15-23)13-20(12-18)16-23/h2-3,10,17-20H,4-9,11-16H2,1H3,(H,24,27). The van der Waals surface area contributed by atoms with Gasteiger partial charge in [0.05, 0.1) is 6.04 Å². The molecule has 5 heteroatoms. The Morgan fingerprint density at radius 3 is 2.36 bits per heavy atom. The summed E-state index contributed by atoms with van der Waals surface area (Å²) >= 11 is 1.86. The number of thiophene rings is 1. The van der Waals surface area contributed by atoms with Crippen molar-refractivity contribution in [2.75, 3.05) is 32.7 Å². The highest BCUT2D eigenvalue weighted by Crippen LogP contribution is 2.55. The smallest absolute Gasteiger partial charge is 0.237 e. The molecule has 0 radical (unpaired) electrons. The van der Waals surface area contributed by atoms with Gasteiger partial charge in [0.1, 0.15) is 0 Å². The summed E-state index contributed by atoms with van der Waals surface area (Å²) in [6.07, 6.45) is 9.17. The van der Waals surface area contributed by atoms with Crippen molar-refractivity contribution in [2.24, 2.45) is 17.8 Å². The third-order valence-corrected chi connectivity index (χ3v) is 8.95. The number of nitrogens with one attached hydrogen (secondary N) is 1. The molecule has 28 heavy (non-hydrogen) atoms. The molecule has 1 aromatic heterocycles. The van der Waals surface area contributed by atoms with Gasteiger partial charge in [-0.1, -0.05) is 6.07 Å². The average molecular weight is 402 g/mol. The Hall–Kier alpha value is -0.910. The van der Waals surface area contributed by atoms with Crippen LogP contribution in [-0.4, -0.2) is 60.0 Å². The molecular formula is C23H35N3OS. The van der Waals surface area contributed by atoms with Gasteiger partial charge in [-0.05, 0) is 81.1 Å². The van der Waals surface area contributed by atoms with Gasteiger partial charge in [-0.2, -0.15) is 0 Å². The van der Waals surface area contributed by atoms with E-state index in [1.807, 2.05) is 11.3 Å². The van der Waals surface area contributed by atoms with Crippen molar-refractivity contribution in [3.05, 3.63) is 22.4 Å². The van der Waals surface area contributed by atoms with Crippen LogP contribution in [0.25, 0.3) is 0 Å². The number of amides is 1. The first-order valence-corrected chi connectivity index (χ1v) is 12.3. The van der Waals surface area contributed by atoms with Gasteiger partial charge in [0, 0.05) is 43.1 Å². The molecule has 4 bridgehead atoms. The van der Waals surface area contributed by atoms with E-state index in [2.05, 4.69) is 39.6 Å². The maximum absolute atomic E-state index is 13.1. The molecule has 4 aliphatic carbocycles. The summed E-state index contributed by atoms with van der Waals surface area (Å²) in [5, 5.41) is 5.75. The molecule has 1 atom stereocenters.